The summed E-state index contributed by atoms with van der Waals surface area (Å²) in [6, 6.07) is 0. The van der Waals surface area contributed by atoms with Crippen LogP contribution in [-0.4, -0.2) is 0 Å². The minimum atomic E-state index is 0.957. The van der Waals surface area contributed by atoms with E-state index in [2.05, 4.69) is 6.58 Å². The molecule has 0 radical (unpaired) electrons. The molecule has 50 valence electrons. The van der Waals surface area contributed by atoms with Gasteiger partial charge in [-0.05, 0) is 43.9 Å². The molecular formula is C9H14. The van der Waals surface area contributed by atoms with E-state index in [1.165, 1.54) is 32.1 Å². The third-order valence-corrected chi connectivity index (χ3v) is 3.01. The molecule has 2 aliphatic rings. The molecule has 2 atom stereocenters. The van der Waals surface area contributed by atoms with Crippen LogP contribution in [0.2, 0.25) is 0 Å². The van der Waals surface area contributed by atoms with Gasteiger partial charge in [0.1, 0.15) is 0 Å². The molecule has 2 unspecified atom stereocenters. The Labute approximate surface area is 57.0 Å². The molecule has 0 heterocycles. The first-order valence-electron chi connectivity index (χ1n) is 4.05. The summed E-state index contributed by atoms with van der Waals surface area (Å²) in [6.45, 7) is 4.10. The summed E-state index contributed by atoms with van der Waals surface area (Å²) in [5, 5.41) is 0. The van der Waals surface area contributed by atoms with Crippen molar-refractivity contribution in [2.75, 3.05) is 0 Å². The van der Waals surface area contributed by atoms with Crippen molar-refractivity contribution in [1.82, 2.24) is 0 Å². The summed E-state index contributed by atoms with van der Waals surface area (Å²) in [5.74, 6) is 2.02. The Bertz CT molecular complexity index is 135. The van der Waals surface area contributed by atoms with Crippen LogP contribution >= 0.6 is 0 Å². The normalized spacial score (nSPS) is 41.6. The standard InChI is InChI=1S/C9H14/c1-7-3-2-4-8-5-6-9(7)8/h8-9H,1-6H2. The molecule has 2 rings (SSSR count). The average molecular weight is 122 g/mol. The number of rotatable bonds is 0. The van der Waals surface area contributed by atoms with Gasteiger partial charge in [-0.15, -0.1) is 0 Å². The number of allylic oxidation sites excluding steroid dienone is 1. The van der Waals surface area contributed by atoms with Crippen LogP contribution in [0.25, 0.3) is 0 Å². The van der Waals surface area contributed by atoms with E-state index < -0.39 is 0 Å². The van der Waals surface area contributed by atoms with Crippen LogP contribution in [0.15, 0.2) is 12.2 Å². The topological polar surface area (TPSA) is 0 Å². The van der Waals surface area contributed by atoms with Crippen molar-refractivity contribution in [2.45, 2.75) is 32.1 Å². The van der Waals surface area contributed by atoms with Gasteiger partial charge in [-0.1, -0.05) is 12.2 Å². The lowest BCUT2D eigenvalue weighted by Gasteiger charge is -2.42. The highest BCUT2D eigenvalue weighted by atomic mass is 14.4. The van der Waals surface area contributed by atoms with Gasteiger partial charge < -0.3 is 0 Å². The molecule has 0 nitrogen and oxygen atoms in total. The van der Waals surface area contributed by atoms with Crippen LogP contribution in [0.4, 0.5) is 0 Å². The maximum absolute atomic E-state index is 4.10. The fraction of sp³-hybridized carbons (Fsp3) is 0.778. The molecule has 0 saturated heterocycles. The van der Waals surface area contributed by atoms with Crippen LogP contribution in [0.5, 0.6) is 0 Å². The van der Waals surface area contributed by atoms with Gasteiger partial charge >= 0.3 is 0 Å². The van der Waals surface area contributed by atoms with Crippen molar-refractivity contribution in [3.8, 4) is 0 Å². The van der Waals surface area contributed by atoms with E-state index in [1.807, 2.05) is 0 Å². The van der Waals surface area contributed by atoms with Crippen molar-refractivity contribution >= 4 is 0 Å². The molecule has 2 saturated carbocycles. The summed E-state index contributed by atoms with van der Waals surface area (Å²) in [7, 11) is 0. The van der Waals surface area contributed by atoms with Crippen LogP contribution in [0, 0.1) is 11.8 Å². The Morgan fingerprint density at radius 3 is 2.56 bits per heavy atom. The molecule has 0 spiro atoms. The lowest BCUT2D eigenvalue weighted by molar-refractivity contribution is 0.168. The van der Waals surface area contributed by atoms with E-state index >= 15 is 0 Å². The summed E-state index contributed by atoms with van der Waals surface area (Å²) in [4.78, 5) is 0. The molecule has 0 amide bonds. The molecule has 0 aromatic heterocycles. The lowest BCUT2D eigenvalue weighted by atomic mass is 9.64. The summed E-state index contributed by atoms with van der Waals surface area (Å²) in [6.07, 6.45) is 7.16. The first-order chi connectivity index (χ1) is 4.38. The van der Waals surface area contributed by atoms with Gasteiger partial charge in [0.05, 0.1) is 0 Å². The van der Waals surface area contributed by atoms with E-state index in [4.69, 9.17) is 0 Å². The molecule has 0 heteroatoms. The molecular weight excluding hydrogens is 108 g/mol. The maximum Gasteiger partial charge on any atom is -0.0177 e. The number of hydrogen-bond acceptors (Lipinski definition) is 0. The predicted octanol–water partition coefficient (Wildman–Crippen LogP) is 2.75. The Hall–Kier alpha value is -0.260. The minimum absolute atomic E-state index is 0.957. The molecule has 0 bridgehead atoms. The quantitative estimate of drug-likeness (QED) is 0.433. The van der Waals surface area contributed by atoms with E-state index in [-0.39, 0.29) is 0 Å². The fourth-order valence-corrected chi connectivity index (χ4v) is 2.23. The highest BCUT2D eigenvalue weighted by Crippen LogP contribution is 2.46. The molecule has 0 N–H and O–H groups in total. The Morgan fingerprint density at radius 2 is 2.11 bits per heavy atom. The van der Waals surface area contributed by atoms with Crippen molar-refractivity contribution in [2.24, 2.45) is 11.8 Å². The van der Waals surface area contributed by atoms with E-state index in [0.29, 0.717) is 0 Å². The van der Waals surface area contributed by atoms with Crippen LogP contribution in [0.1, 0.15) is 32.1 Å². The number of fused-ring (bicyclic) bond motifs is 1. The Balaban J connectivity index is 2.06. The number of hydrogen-bond donors (Lipinski definition) is 0. The summed E-state index contributed by atoms with van der Waals surface area (Å²) in [5.41, 5.74) is 1.55. The average Bonchev–Trinajstić information content (AvgIpc) is 1.74. The van der Waals surface area contributed by atoms with Crippen LogP contribution < -0.4 is 0 Å². The van der Waals surface area contributed by atoms with Crippen molar-refractivity contribution in [3.63, 3.8) is 0 Å². The maximum atomic E-state index is 4.10. The largest absolute Gasteiger partial charge is 0.0996 e. The molecule has 2 fully saturated rings. The third-order valence-electron chi connectivity index (χ3n) is 3.01. The fourth-order valence-electron chi connectivity index (χ4n) is 2.23. The van der Waals surface area contributed by atoms with Gasteiger partial charge in [0.2, 0.25) is 0 Å². The van der Waals surface area contributed by atoms with Crippen LogP contribution in [0.3, 0.4) is 0 Å². The minimum Gasteiger partial charge on any atom is -0.0996 e. The van der Waals surface area contributed by atoms with Crippen molar-refractivity contribution < 1.29 is 0 Å². The van der Waals surface area contributed by atoms with Gasteiger partial charge in [-0.25, -0.2) is 0 Å². The predicted molar refractivity (Wildman–Crippen MR) is 39.2 cm³/mol. The Morgan fingerprint density at radius 1 is 1.22 bits per heavy atom. The zero-order valence-corrected chi connectivity index (χ0v) is 5.90. The van der Waals surface area contributed by atoms with Gasteiger partial charge in [0.25, 0.3) is 0 Å². The van der Waals surface area contributed by atoms with Gasteiger partial charge in [0, 0.05) is 0 Å². The highest BCUT2D eigenvalue weighted by molar-refractivity contribution is 5.10. The third kappa shape index (κ3) is 0.726. The van der Waals surface area contributed by atoms with Crippen molar-refractivity contribution in [3.05, 3.63) is 12.2 Å². The molecule has 0 aromatic rings. The lowest BCUT2D eigenvalue weighted by Crippen LogP contribution is -2.30. The highest BCUT2D eigenvalue weighted by Gasteiger charge is 2.34. The van der Waals surface area contributed by atoms with E-state index in [0.717, 1.165) is 11.8 Å². The first-order valence-corrected chi connectivity index (χ1v) is 4.05. The second-order valence-electron chi connectivity index (χ2n) is 3.49. The zero-order chi connectivity index (χ0) is 6.27. The molecule has 0 aliphatic heterocycles. The SMILES string of the molecule is C=C1CCCC2CCC12. The van der Waals surface area contributed by atoms with Gasteiger partial charge in [-0.3, -0.25) is 0 Å². The van der Waals surface area contributed by atoms with Gasteiger partial charge in [0.15, 0.2) is 0 Å². The van der Waals surface area contributed by atoms with E-state index in [9.17, 15) is 0 Å². The second kappa shape index (κ2) is 1.86. The molecule has 2 aliphatic carbocycles. The smallest absolute Gasteiger partial charge is 0.0177 e. The second-order valence-corrected chi connectivity index (χ2v) is 3.49. The van der Waals surface area contributed by atoms with Crippen LogP contribution in [-0.2, 0) is 0 Å². The monoisotopic (exact) mass is 122 g/mol. The van der Waals surface area contributed by atoms with Crippen molar-refractivity contribution in [1.29, 1.82) is 0 Å². The van der Waals surface area contributed by atoms with Gasteiger partial charge in [-0.2, -0.15) is 0 Å². The summed E-state index contributed by atoms with van der Waals surface area (Å²) >= 11 is 0. The summed E-state index contributed by atoms with van der Waals surface area (Å²) < 4.78 is 0. The van der Waals surface area contributed by atoms with E-state index in [1.54, 1.807) is 5.57 Å². The zero-order valence-electron chi connectivity index (χ0n) is 5.90. The Kier molecular flexibility index (Phi) is 1.14. The molecule has 0 aromatic carbocycles. The molecule has 9 heavy (non-hydrogen) atoms. The first kappa shape index (κ1) is 5.52.